The summed E-state index contributed by atoms with van der Waals surface area (Å²) in [5.41, 5.74) is 3.40. The number of ether oxygens (including phenoxy) is 1. The molecule has 8 atom stereocenters. The van der Waals surface area contributed by atoms with E-state index in [0.29, 0.717) is 9.90 Å². The molecule has 0 aliphatic heterocycles. The van der Waals surface area contributed by atoms with E-state index < -0.39 is 0 Å². The lowest BCUT2D eigenvalue weighted by Gasteiger charge is -2.58. The van der Waals surface area contributed by atoms with Crippen LogP contribution in [0.15, 0.2) is 46.5 Å². The van der Waals surface area contributed by atoms with Gasteiger partial charge in [0.2, 0.25) is 0 Å². The lowest BCUT2D eigenvalue weighted by Crippen LogP contribution is -2.51. The Kier molecular flexibility index (Phi) is 8.87. The topological polar surface area (TPSA) is 26.3 Å². The summed E-state index contributed by atoms with van der Waals surface area (Å²) in [4.78, 5) is 12.9. The first-order valence-corrected chi connectivity index (χ1v) is 16.7. The van der Waals surface area contributed by atoms with E-state index in [4.69, 9.17) is 4.74 Å². The molecule has 2 nitrogen and oxygen atoms in total. The van der Waals surface area contributed by atoms with Gasteiger partial charge in [0.25, 0.3) is 0 Å². The number of hydrogen-bond acceptors (Lipinski definition) is 2. The highest BCUT2D eigenvalue weighted by Crippen LogP contribution is 2.67. The van der Waals surface area contributed by atoms with Crippen LogP contribution in [0.5, 0.6) is 0 Å². The summed E-state index contributed by atoms with van der Waals surface area (Å²) in [6.45, 7) is 12.5. The summed E-state index contributed by atoms with van der Waals surface area (Å²) in [5, 5.41) is 0. The van der Waals surface area contributed by atoms with Gasteiger partial charge in [-0.25, -0.2) is 4.79 Å². The van der Waals surface area contributed by atoms with Gasteiger partial charge in [-0.05, 0) is 119 Å². The maximum Gasteiger partial charge on any atom is 0.345 e. The van der Waals surface area contributed by atoms with Crippen molar-refractivity contribution in [3.8, 4) is 0 Å². The maximum absolute atomic E-state index is 12.9. The molecule has 4 aliphatic carbocycles. The average Bonchev–Trinajstić information content (AvgIpc) is 3.26. The Morgan fingerprint density at radius 3 is 2.54 bits per heavy atom. The van der Waals surface area contributed by atoms with E-state index in [1.165, 1.54) is 51.4 Å². The quantitative estimate of drug-likeness (QED) is 0.170. The predicted molar refractivity (Wildman–Crippen MR) is 166 cm³/mol. The zero-order valence-electron chi connectivity index (χ0n) is 25.1. The smallest absolute Gasteiger partial charge is 0.345 e. The number of carbonyl (C=O) groups is 1. The number of fused-ring (bicyclic) bond motifs is 5. The number of allylic oxidation sites excluding steroid dienone is 1. The second kappa shape index (κ2) is 11.9. The van der Waals surface area contributed by atoms with E-state index in [2.05, 4.69) is 56.6 Å². The first kappa shape index (κ1) is 29.2. The van der Waals surface area contributed by atoms with E-state index in [-0.39, 0.29) is 17.5 Å². The van der Waals surface area contributed by atoms with Gasteiger partial charge in [0.15, 0.2) is 0 Å². The Morgan fingerprint density at radius 2 is 1.79 bits per heavy atom. The van der Waals surface area contributed by atoms with Crippen molar-refractivity contribution in [1.82, 2.24) is 0 Å². The van der Waals surface area contributed by atoms with Crippen molar-refractivity contribution in [2.24, 2.45) is 46.3 Å². The zero-order valence-corrected chi connectivity index (χ0v) is 26.6. The van der Waals surface area contributed by atoms with Crippen LogP contribution in [0.25, 0.3) is 6.08 Å². The summed E-state index contributed by atoms with van der Waals surface area (Å²) in [6.07, 6.45) is 18.6. The van der Waals surface area contributed by atoms with Gasteiger partial charge in [0.05, 0.1) is 0 Å². The van der Waals surface area contributed by atoms with Crippen LogP contribution in [0.1, 0.15) is 111 Å². The van der Waals surface area contributed by atoms with E-state index in [9.17, 15) is 4.79 Å². The van der Waals surface area contributed by atoms with Crippen molar-refractivity contribution >= 4 is 28.0 Å². The Labute approximate surface area is 246 Å². The van der Waals surface area contributed by atoms with Crippen LogP contribution in [0.2, 0.25) is 0 Å². The first-order chi connectivity index (χ1) is 18.6. The average molecular weight is 596 g/mol. The van der Waals surface area contributed by atoms with Gasteiger partial charge in [-0.2, -0.15) is 0 Å². The third-order valence-corrected chi connectivity index (χ3v) is 12.4. The van der Waals surface area contributed by atoms with Gasteiger partial charge in [-0.1, -0.05) is 95.9 Å². The van der Waals surface area contributed by atoms with Crippen LogP contribution in [0.3, 0.4) is 0 Å². The Hall–Kier alpha value is -1.35. The summed E-state index contributed by atoms with van der Waals surface area (Å²) in [7, 11) is 0. The van der Waals surface area contributed by atoms with Gasteiger partial charge < -0.3 is 4.74 Å². The van der Waals surface area contributed by atoms with Crippen molar-refractivity contribution in [1.29, 1.82) is 0 Å². The molecule has 3 heteroatoms. The molecule has 1 aromatic carbocycles. The minimum Gasteiger partial charge on any atom is -0.458 e. The molecule has 0 spiro atoms. The van der Waals surface area contributed by atoms with E-state index in [0.717, 1.165) is 60.3 Å². The monoisotopic (exact) mass is 594 g/mol. The number of benzene rings is 1. The zero-order chi connectivity index (χ0) is 27.8. The normalized spacial score (nSPS) is 36.9. The molecule has 3 fully saturated rings. The molecule has 0 unspecified atom stereocenters. The summed E-state index contributed by atoms with van der Waals surface area (Å²) in [5.74, 6) is 4.88. The van der Waals surface area contributed by atoms with Gasteiger partial charge in [0, 0.05) is 6.42 Å². The van der Waals surface area contributed by atoms with Crippen molar-refractivity contribution in [2.75, 3.05) is 0 Å². The molecule has 3 saturated carbocycles. The van der Waals surface area contributed by atoms with Gasteiger partial charge in [0.1, 0.15) is 10.6 Å². The Balaban J connectivity index is 1.23. The molecule has 0 amide bonds. The van der Waals surface area contributed by atoms with Crippen LogP contribution >= 0.6 is 15.9 Å². The second-order valence-corrected chi connectivity index (χ2v) is 15.3. The van der Waals surface area contributed by atoms with Gasteiger partial charge in [-0.15, -0.1) is 0 Å². The number of rotatable bonds is 8. The molecular weight excluding hydrogens is 544 g/mol. The van der Waals surface area contributed by atoms with Gasteiger partial charge >= 0.3 is 5.97 Å². The standard InChI is InChI=1S/C36H51BrO2/c1-24(2)10-9-11-25(3)30-16-17-31-29-15-14-27-23-28(18-20-35(27,4)32(29)19-21-36(30,31)5)39-34(38)33(37)22-26-12-7-6-8-13-26/h6-8,12-14,22,24-25,28-32H,9-11,15-21,23H2,1-5H3/b33-22+/t25-,28+,29+,30-,31+,32+,35+,36-/m1/s1. The fourth-order valence-electron chi connectivity index (χ4n) is 9.71. The minimum absolute atomic E-state index is 0.0125. The van der Waals surface area contributed by atoms with Crippen molar-refractivity contribution in [3.05, 3.63) is 52.0 Å². The number of esters is 1. The lowest BCUT2D eigenvalue weighted by atomic mass is 9.47. The number of hydrogen-bond donors (Lipinski definition) is 0. The fraction of sp³-hybridized carbons (Fsp3) is 0.694. The van der Waals surface area contributed by atoms with Crippen molar-refractivity contribution in [2.45, 2.75) is 111 Å². The molecule has 4 aliphatic rings. The fourth-order valence-corrected chi connectivity index (χ4v) is 10.1. The highest BCUT2D eigenvalue weighted by Gasteiger charge is 2.59. The van der Waals surface area contributed by atoms with Crippen molar-refractivity contribution < 1.29 is 9.53 Å². The lowest BCUT2D eigenvalue weighted by molar-refractivity contribution is -0.145. The SMILES string of the molecule is CC(C)CCC[C@@H](C)[C@H]1CC[C@H]2[C@@H]3CC=C4C[C@@H](OC(=O)/C(Br)=C\c5ccccc5)CC[C@]4(C)[C@H]3CC[C@]12C. The van der Waals surface area contributed by atoms with Crippen LogP contribution in [-0.2, 0) is 9.53 Å². The maximum atomic E-state index is 12.9. The predicted octanol–water partition coefficient (Wildman–Crippen LogP) is 10.4. The first-order valence-electron chi connectivity index (χ1n) is 15.9. The van der Waals surface area contributed by atoms with E-state index in [1.54, 1.807) is 5.57 Å². The Bertz CT molecular complexity index is 1070. The molecule has 0 saturated heterocycles. The molecular formula is C36H51BrO2. The molecule has 1 aromatic rings. The summed E-state index contributed by atoms with van der Waals surface area (Å²) < 4.78 is 6.53. The van der Waals surface area contributed by atoms with E-state index in [1.807, 2.05) is 36.4 Å². The van der Waals surface area contributed by atoms with Crippen LogP contribution < -0.4 is 0 Å². The largest absolute Gasteiger partial charge is 0.458 e. The third kappa shape index (κ3) is 5.86. The van der Waals surface area contributed by atoms with Crippen LogP contribution in [-0.4, -0.2) is 12.1 Å². The van der Waals surface area contributed by atoms with Gasteiger partial charge in [-0.3, -0.25) is 0 Å². The summed E-state index contributed by atoms with van der Waals surface area (Å²) in [6, 6.07) is 9.95. The Morgan fingerprint density at radius 1 is 1.03 bits per heavy atom. The summed E-state index contributed by atoms with van der Waals surface area (Å²) >= 11 is 3.47. The highest BCUT2D eigenvalue weighted by molar-refractivity contribution is 9.12. The highest BCUT2D eigenvalue weighted by atomic mass is 79.9. The molecule has 39 heavy (non-hydrogen) atoms. The molecule has 0 radical (unpaired) electrons. The minimum atomic E-state index is -0.241. The molecule has 5 rings (SSSR count). The molecule has 0 bridgehead atoms. The van der Waals surface area contributed by atoms with Crippen molar-refractivity contribution in [3.63, 3.8) is 0 Å². The molecule has 0 N–H and O–H groups in total. The van der Waals surface area contributed by atoms with Crippen LogP contribution in [0.4, 0.5) is 0 Å². The second-order valence-electron chi connectivity index (χ2n) is 14.5. The van der Waals surface area contributed by atoms with Crippen LogP contribution in [0, 0.1) is 46.3 Å². The number of halogens is 1. The number of carbonyl (C=O) groups excluding carboxylic acids is 1. The molecule has 0 aromatic heterocycles. The molecule has 214 valence electrons. The van der Waals surface area contributed by atoms with E-state index >= 15 is 0 Å². The molecule has 0 heterocycles. The third-order valence-electron chi connectivity index (χ3n) is 11.8.